The number of rotatable bonds is 3. The van der Waals surface area contributed by atoms with Crippen molar-refractivity contribution in [1.29, 1.82) is 0 Å². The SMILES string of the molecule is FCC(F)CC1CCNC1. The molecule has 2 unspecified atom stereocenters. The number of hydrogen-bond donors (Lipinski definition) is 1. The molecule has 1 heterocycles. The molecule has 3 heteroatoms. The summed E-state index contributed by atoms with van der Waals surface area (Å²) in [6.07, 6.45) is 0.161. The van der Waals surface area contributed by atoms with Crippen molar-refractivity contribution in [2.24, 2.45) is 5.92 Å². The van der Waals surface area contributed by atoms with E-state index in [0.29, 0.717) is 12.3 Å². The third kappa shape index (κ3) is 2.21. The Bertz CT molecular complexity index is 91.6. The Balaban J connectivity index is 2.11. The van der Waals surface area contributed by atoms with Crippen molar-refractivity contribution >= 4 is 0 Å². The zero-order valence-corrected chi connectivity index (χ0v) is 5.95. The van der Waals surface area contributed by atoms with Crippen molar-refractivity contribution in [1.82, 2.24) is 5.32 Å². The molecule has 0 bridgehead atoms. The molecule has 0 aliphatic carbocycles. The molecular weight excluding hydrogens is 136 g/mol. The van der Waals surface area contributed by atoms with E-state index >= 15 is 0 Å². The molecule has 0 aromatic carbocycles. The van der Waals surface area contributed by atoms with Gasteiger partial charge in [-0.25, -0.2) is 8.78 Å². The van der Waals surface area contributed by atoms with Crippen LogP contribution < -0.4 is 5.32 Å². The van der Waals surface area contributed by atoms with Gasteiger partial charge >= 0.3 is 0 Å². The van der Waals surface area contributed by atoms with Crippen molar-refractivity contribution < 1.29 is 8.78 Å². The normalized spacial score (nSPS) is 28.8. The van der Waals surface area contributed by atoms with E-state index in [1.165, 1.54) is 0 Å². The molecule has 0 radical (unpaired) electrons. The minimum atomic E-state index is -1.23. The lowest BCUT2D eigenvalue weighted by Gasteiger charge is -2.08. The Kier molecular flexibility index (Phi) is 3.06. The average Bonchev–Trinajstić information content (AvgIpc) is 2.40. The summed E-state index contributed by atoms with van der Waals surface area (Å²) in [7, 11) is 0. The van der Waals surface area contributed by atoms with E-state index < -0.39 is 12.8 Å². The third-order valence-corrected chi connectivity index (χ3v) is 1.92. The molecule has 1 saturated heterocycles. The van der Waals surface area contributed by atoms with Gasteiger partial charge in [0.15, 0.2) is 0 Å². The van der Waals surface area contributed by atoms with E-state index in [0.717, 1.165) is 19.5 Å². The van der Waals surface area contributed by atoms with Gasteiger partial charge < -0.3 is 5.32 Å². The summed E-state index contributed by atoms with van der Waals surface area (Å²) < 4.78 is 24.0. The fraction of sp³-hybridized carbons (Fsp3) is 1.00. The first-order valence-electron chi connectivity index (χ1n) is 3.73. The average molecular weight is 149 g/mol. The van der Waals surface area contributed by atoms with Crippen LogP contribution in [0, 0.1) is 5.92 Å². The predicted octanol–water partition coefficient (Wildman–Crippen LogP) is 1.29. The van der Waals surface area contributed by atoms with Crippen molar-refractivity contribution in [2.45, 2.75) is 19.0 Å². The summed E-state index contributed by atoms with van der Waals surface area (Å²) in [4.78, 5) is 0. The van der Waals surface area contributed by atoms with Crippen LogP contribution in [0.15, 0.2) is 0 Å². The minimum absolute atomic E-state index is 0.366. The minimum Gasteiger partial charge on any atom is -0.316 e. The number of hydrogen-bond acceptors (Lipinski definition) is 1. The number of halogens is 2. The molecule has 1 nitrogen and oxygen atoms in total. The molecule has 2 atom stereocenters. The van der Waals surface area contributed by atoms with Crippen LogP contribution in [-0.2, 0) is 0 Å². The maximum Gasteiger partial charge on any atom is 0.129 e. The first kappa shape index (κ1) is 7.92. The van der Waals surface area contributed by atoms with Crippen molar-refractivity contribution in [3.63, 3.8) is 0 Å². The summed E-state index contributed by atoms with van der Waals surface area (Å²) >= 11 is 0. The molecule has 1 rings (SSSR count). The molecule has 0 spiro atoms. The summed E-state index contributed by atoms with van der Waals surface area (Å²) in [5.41, 5.74) is 0. The lowest BCUT2D eigenvalue weighted by molar-refractivity contribution is 0.221. The van der Waals surface area contributed by atoms with E-state index in [-0.39, 0.29) is 0 Å². The second kappa shape index (κ2) is 3.86. The fourth-order valence-electron chi connectivity index (χ4n) is 1.34. The second-order valence-corrected chi connectivity index (χ2v) is 2.85. The molecule has 0 amide bonds. The second-order valence-electron chi connectivity index (χ2n) is 2.85. The molecular formula is C7H13F2N. The highest BCUT2D eigenvalue weighted by atomic mass is 19.2. The third-order valence-electron chi connectivity index (χ3n) is 1.92. The first-order chi connectivity index (χ1) is 4.83. The van der Waals surface area contributed by atoms with E-state index in [1.807, 2.05) is 0 Å². The summed E-state index contributed by atoms with van der Waals surface area (Å²) in [6.45, 7) is 1.00. The van der Waals surface area contributed by atoms with Crippen LogP contribution in [0.4, 0.5) is 8.78 Å². The van der Waals surface area contributed by atoms with Gasteiger partial charge in [-0.1, -0.05) is 0 Å². The maximum absolute atomic E-state index is 12.4. The highest BCUT2D eigenvalue weighted by Crippen LogP contribution is 2.16. The predicted molar refractivity (Wildman–Crippen MR) is 36.5 cm³/mol. The van der Waals surface area contributed by atoms with Crippen LogP contribution in [-0.4, -0.2) is 25.9 Å². The Labute approximate surface area is 59.8 Å². The van der Waals surface area contributed by atoms with Gasteiger partial charge in [0, 0.05) is 0 Å². The molecule has 0 aromatic heterocycles. The Morgan fingerprint density at radius 2 is 2.40 bits per heavy atom. The smallest absolute Gasteiger partial charge is 0.129 e. The molecule has 1 N–H and O–H groups in total. The van der Waals surface area contributed by atoms with Gasteiger partial charge in [0.25, 0.3) is 0 Å². The van der Waals surface area contributed by atoms with Crippen LogP contribution in [0.3, 0.4) is 0 Å². The molecule has 60 valence electrons. The molecule has 0 saturated carbocycles. The highest BCUT2D eigenvalue weighted by molar-refractivity contribution is 4.73. The molecule has 1 aliphatic heterocycles. The summed E-state index contributed by atoms with van der Waals surface area (Å²) in [5, 5.41) is 3.11. The van der Waals surface area contributed by atoms with Gasteiger partial charge in [-0.3, -0.25) is 0 Å². The fourth-order valence-corrected chi connectivity index (χ4v) is 1.34. The first-order valence-corrected chi connectivity index (χ1v) is 3.73. The Hall–Kier alpha value is -0.180. The van der Waals surface area contributed by atoms with Gasteiger partial charge in [0.1, 0.15) is 12.8 Å². The number of nitrogens with one attached hydrogen (secondary N) is 1. The Morgan fingerprint density at radius 1 is 1.60 bits per heavy atom. The van der Waals surface area contributed by atoms with E-state index in [4.69, 9.17) is 0 Å². The lowest BCUT2D eigenvalue weighted by atomic mass is 10.0. The van der Waals surface area contributed by atoms with E-state index in [1.54, 1.807) is 0 Å². The molecule has 1 fully saturated rings. The molecule has 1 aliphatic rings. The quantitative estimate of drug-likeness (QED) is 0.637. The summed E-state index contributed by atoms with van der Waals surface area (Å²) in [6, 6.07) is 0. The van der Waals surface area contributed by atoms with Gasteiger partial charge in [-0.2, -0.15) is 0 Å². The van der Waals surface area contributed by atoms with Gasteiger partial charge in [0.05, 0.1) is 0 Å². The monoisotopic (exact) mass is 149 g/mol. The zero-order valence-electron chi connectivity index (χ0n) is 5.95. The van der Waals surface area contributed by atoms with Crippen molar-refractivity contribution in [2.75, 3.05) is 19.8 Å². The Morgan fingerprint density at radius 3 is 2.90 bits per heavy atom. The van der Waals surface area contributed by atoms with Crippen LogP contribution in [0.2, 0.25) is 0 Å². The van der Waals surface area contributed by atoms with Gasteiger partial charge in [0.2, 0.25) is 0 Å². The molecule has 10 heavy (non-hydrogen) atoms. The summed E-state index contributed by atoms with van der Waals surface area (Å²) in [5.74, 6) is 0.366. The molecule has 0 aromatic rings. The zero-order chi connectivity index (χ0) is 7.40. The largest absolute Gasteiger partial charge is 0.316 e. The lowest BCUT2D eigenvalue weighted by Crippen LogP contribution is -2.14. The van der Waals surface area contributed by atoms with Gasteiger partial charge in [-0.15, -0.1) is 0 Å². The number of alkyl halides is 2. The maximum atomic E-state index is 12.4. The highest BCUT2D eigenvalue weighted by Gasteiger charge is 2.18. The van der Waals surface area contributed by atoms with Crippen molar-refractivity contribution in [3.05, 3.63) is 0 Å². The van der Waals surface area contributed by atoms with Crippen molar-refractivity contribution in [3.8, 4) is 0 Å². The van der Waals surface area contributed by atoms with E-state index in [9.17, 15) is 8.78 Å². The van der Waals surface area contributed by atoms with E-state index in [2.05, 4.69) is 5.32 Å². The van der Waals surface area contributed by atoms with Crippen LogP contribution in [0.1, 0.15) is 12.8 Å². The van der Waals surface area contributed by atoms with Crippen LogP contribution in [0.5, 0.6) is 0 Å². The van der Waals surface area contributed by atoms with Crippen LogP contribution >= 0.6 is 0 Å². The topological polar surface area (TPSA) is 12.0 Å². The standard InChI is InChI=1S/C7H13F2N/c8-4-7(9)3-6-1-2-10-5-6/h6-7,10H,1-5H2. The van der Waals surface area contributed by atoms with Gasteiger partial charge in [-0.05, 0) is 31.8 Å². The van der Waals surface area contributed by atoms with Crippen LogP contribution in [0.25, 0.3) is 0 Å².